The number of likely N-dealkylation sites (tertiary alicyclic amines) is 1. The SMILES string of the molecule is C=CC(=O)N1CCCC(c2c3ccc(-c4cccc(F)c4)cc3nn2C)C1. The summed E-state index contributed by atoms with van der Waals surface area (Å²) in [5.41, 5.74) is 3.82. The number of aromatic nitrogens is 2. The van der Waals surface area contributed by atoms with Gasteiger partial charge < -0.3 is 4.90 Å². The summed E-state index contributed by atoms with van der Waals surface area (Å²) < 4.78 is 15.5. The van der Waals surface area contributed by atoms with Gasteiger partial charge in [-0.25, -0.2) is 4.39 Å². The van der Waals surface area contributed by atoms with Crippen LogP contribution in [0.1, 0.15) is 24.5 Å². The van der Waals surface area contributed by atoms with Crippen LogP contribution in [-0.4, -0.2) is 33.7 Å². The zero-order chi connectivity index (χ0) is 19.0. The van der Waals surface area contributed by atoms with E-state index in [0.29, 0.717) is 6.54 Å². The lowest BCUT2D eigenvalue weighted by Gasteiger charge is -2.32. The maximum Gasteiger partial charge on any atom is 0.245 e. The van der Waals surface area contributed by atoms with Gasteiger partial charge in [-0.1, -0.05) is 30.8 Å². The molecule has 4 rings (SSSR count). The van der Waals surface area contributed by atoms with Gasteiger partial charge in [0.25, 0.3) is 0 Å². The molecule has 1 unspecified atom stereocenters. The van der Waals surface area contributed by atoms with Crippen LogP contribution in [0.4, 0.5) is 4.39 Å². The lowest BCUT2D eigenvalue weighted by molar-refractivity contribution is -0.127. The number of hydrogen-bond acceptors (Lipinski definition) is 2. The largest absolute Gasteiger partial charge is 0.339 e. The topological polar surface area (TPSA) is 38.1 Å². The molecule has 5 heteroatoms. The van der Waals surface area contributed by atoms with Crippen molar-refractivity contribution in [3.8, 4) is 11.1 Å². The van der Waals surface area contributed by atoms with Gasteiger partial charge in [0, 0.05) is 31.4 Å². The molecular formula is C22H22FN3O. The van der Waals surface area contributed by atoms with E-state index in [-0.39, 0.29) is 17.6 Å². The summed E-state index contributed by atoms with van der Waals surface area (Å²) in [6.45, 7) is 5.06. The van der Waals surface area contributed by atoms with Crippen molar-refractivity contribution < 1.29 is 9.18 Å². The van der Waals surface area contributed by atoms with Crippen molar-refractivity contribution in [2.75, 3.05) is 13.1 Å². The molecule has 138 valence electrons. The number of piperidine rings is 1. The third-order valence-electron chi connectivity index (χ3n) is 5.33. The van der Waals surface area contributed by atoms with E-state index in [9.17, 15) is 9.18 Å². The van der Waals surface area contributed by atoms with Crippen LogP contribution in [0.5, 0.6) is 0 Å². The maximum absolute atomic E-state index is 13.5. The highest BCUT2D eigenvalue weighted by molar-refractivity contribution is 5.88. The van der Waals surface area contributed by atoms with Crippen LogP contribution in [0.2, 0.25) is 0 Å². The molecule has 1 aliphatic rings. The molecular weight excluding hydrogens is 341 g/mol. The Labute approximate surface area is 157 Å². The number of nitrogens with zero attached hydrogens (tertiary/aromatic N) is 3. The predicted octanol–water partition coefficient (Wildman–Crippen LogP) is 4.27. The van der Waals surface area contributed by atoms with Crippen LogP contribution >= 0.6 is 0 Å². The number of benzene rings is 2. The highest BCUT2D eigenvalue weighted by Crippen LogP contribution is 2.34. The molecule has 0 N–H and O–H groups in total. The van der Waals surface area contributed by atoms with Gasteiger partial charge in [-0.05, 0) is 48.2 Å². The second kappa shape index (κ2) is 6.99. The molecule has 1 saturated heterocycles. The first-order valence-electron chi connectivity index (χ1n) is 9.21. The van der Waals surface area contributed by atoms with E-state index in [2.05, 4.69) is 17.7 Å². The Kier molecular flexibility index (Phi) is 4.52. The zero-order valence-electron chi connectivity index (χ0n) is 15.4. The van der Waals surface area contributed by atoms with Gasteiger partial charge in [0.15, 0.2) is 0 Å². The Balaban J connectivity index is 1.71. The van der Waals surface area contributed by atoms with Crippen LogP contribution in [0.25, 0.3) is 22.0 Å². The highest BCUT2D eigenvalue weighted by Gasteiger charge is 2.27. The molecule has 2 heterocycles. The first-order valence-corrected chi connectivity index (χ1v) is 9.21. The number of rotatable bonds is 3. The first kappa shape index (κ1) is 17.5. The fraction of sp³-hybridized carbons (Fsp3) is 0.273. The molecule has 27 heavy (non-hydrogen) atoms. The van der Waals surface area contributed by atoms with Crippen molar-refractivity contribution in [3.05, 3.63) is 66.6 Å². The van der Waals surface area contributed by atoms with E-state index in [1.54, 1.807) is 6.07 Å². The second-order valence-corrected chi connectivity index (χ2v) is 7.08. The van der Waals surface area contributed by atoms with Crippen molar-refractivity contribution >= 4 is 16.8 Å². The van der Waals surface area contributed by atoms with E-state index in [1.165, 1.54) is 18.2 Å². The molecule has 4 nitrogen and oxygen atoms in total. The highest BCUT2D eigenvalue weighted by atomic mass is 19.1. The summed E-state index contributed by atoms with van der Waals surface area (Å²) >= 11 is 0. The molecule has 1 atom stereocenters. The van der Waals surface area contributed by atoms with E-state index < -0.39 is 0 Å². The molecule has 1 aliphatic heterocycles. The van der Waals surface area contributed by atoms with Crippen LogP contribution in [0, 0.1) is 5.82 Å². The standard InChI is InChI=1S/C22H22FN3O/c1-3-21(27)26-11-5-7-17(14-26)22-19-10-9-16(13-20(19)24-25(22)2)15-6-4-8-18(23)12-15/h3-4,6,8-10,12-13,17H,1,5,7,11,14H2,2H3. The zero-order valence-corrected chi connectivity index (χ0v) is 15.4. The third kappa shape index (κ3) is 3.25. The minimum Gasteiger partial charge on any atom is -0.339 e. The summed E-state index contributed by atoms with van der Waals surface area (Å²) in [7, 11) is 1.95. The third-order valence-corrected chi connectivity index (χ3v) is 5.33. The Morgan fingerprint density at radius 1 is 1.26 bits per heavy atom. The van der Waals surface area contributed by atoms with Crippen molar-refractivity contribution in [3.63, 3.8) is 0 Å². The first-order chi connectivity index (χ1) is 13.1. The molecule has 0 bridgehead atoms. The van der Waals surface area contributed by atoms with Crippen LogP contribution < -0.4 is 0 Å². The summed E-state index contributed by atoms with van der Waals surface area (Å²) in [6.07, 6.45) is 3.38. The predicted molar refractivity (Wildman–Crippen MR) is 105 cm³/mol. The van der Waals surface area contributed by atoms with Crippen LogP contribution in [0.3, 0.4) is 0 Å². The number of halogens is 1. The van der Waals surface area contributed by atoms with E-state index in [0.717, 1.165) is 47.1 Å². The fourth-order valence-electron chi connectivity index (χ4n) is 4.08. The van der Waals surface area contributed by atoms with Gasteiger partial charge in [0.1, 0.15) is 5.82 Å². The van der Waals surface area contributed by atoms with E-state index >= 15 is 0 Å². The van der Waals surface area contributed by atoms with Crippen molar-refractivity contribution in [2.45, 2.75) is 18.8 Å². The molecule has 1 aromatic heterocycles. The molecule has 1 fully saturated rings. The van der Waals surface area contributed by atoms with Gasteiger partial charge in [0.2, 0.25) is 5.91 Å². The second-order valence-electron chi connectivity index (χ2n) is 7.08. The summed E-state index contributed by atoms with van der Waals surface area (Å²) in [6, 6.07) is 12.7. The number of aryl methyl sites for hydroxylation is 1. The summed E-state index contributed by atoms with van der Waals surface area (Å²) in [5.74, 6) is -0.0132. The minimum atomic E-state index is -0.247. The normalized spacial score (nSPS) is 17.3. The van der Waals surface area contributed by atoms with Gasteiger partial charge in [-0.3, -0.25) is 9.48 Å². The Bertz CT molecular complexity index is 1020. The van der Waals surface area contributed by atoms with Gasteiger partial charge in [0.05, 0.1) is 11.2 Å². The number of carbonyl (C=O) groups excluding carboxylic acids is 1. The van der Waals surface area contributed by atoms with Crippen LogP contribution in [0.15, 0.2) is 55.1 Å². The van der Waals surface area contributed by atoms with Crippen molar-refractivity contribution in [1.29, 1.82) is 0 Å². The smallest absolute Gasteiger partial charge is 0.245 e. The molecule has 0 saturated carbocycles. The number of carbonyl (C=O) groups is 1. The summed E-state index contributed by atoms with van der Waals surface area (Å²) in [5, 5.41) is 5.78. The molecule has 0 radical (unpaired) electrons. The average Bonchev–Trinajstić information content (AvgIpc) is 3.02. The molecule has 2 aromatic carbocycles. The maximum atomic E-state index is 13.5. The number of amides is 1. The molecule has 0 aliphatic carbocycles. The van der Waals surface area contributed by atoms with Gasteiger partial charge >= 0.3 is 0 Å². The van der Waals surface area contributed by atoms with Gasteiger partial charge in [-0.15, -0.1) is 0 Å². The quantitative estimate of drug-likeness (QED) is 0.652. The molecule has 0 spiro atoms. The van der Waals surface area contributed by atoms with Crippen molar-refractivity contribution in [1.82, 2.24) is 14.7 Å². The lowest BCUT2D eigenvalue weighted by Crippen LogP contribution is -2.38. The molecule has 3 aromatic rings. The summed E-state index contributed by atoms with van der Waals surface area (Å²) in [4.78, 5) is 13.9. The average molecular weight is 363 g/mol. The van der Waals surface area contributed by atoms with E-state index in [1.807, 2.05) is 34.8 Å². The lowest BCUT2D eigenvalue weighted by atomic mass is 9.92. The molecule has 1 amide bonds. The van der Waals surface area contributed by atoms with Crippen molar-refractivity contribution in [2.24, 2.45) is 7.05 Å². The minimum absolute atomic E-state index is 0.0143. The fourth-order valence-corrected chi connectivity index (χ4v) is 4.08. The number of hydrogen-bond donors (Lipinski definition) is 0. The van der Waals surface area contributed by atoms with Crippen LogP contribution in [-0.2, 0) is 11.8 Å². The Hall–Kier alpha value is -2.95. The Morgan fingerprint density at radius 3 is 2.85 bits per heavy atom. The monoisotopic (exact) mass is 363 g/mol. The Morgan fingerprint density at radius 2 is 2.07 bits per heavy atom. The number of fused-ring (bicyclic) bond motifs is 1. The van der Waals surface area contributed by atoms with Gasteiger partial charge in [-0.2, -0.15) is 5.10 Å². The van der Waals surface area contributed by atoms with E-state index in [4.69, 9.17) is 0 Å².